The van der Waals surface area contributed by atoms with Crippen LogP contribution in [0.3, 0.4) is 0 Å². The van der Waals surface area contributed by atoms with Crippen LogP contribution in [0.5, 0.6) is 0 Å². The van der Waals surface area contributed by atoms with Gasteiger partial charge in [0.2, 0.25) is 5.91 Å². The molecule has 0 aromatic heterocycles. The molecule has 0 radical (unpaired) electrons. The summed E-state index contributed by atoms with van der Waals surface area (Å²) in [4.78, 5) is 22.5. The van der Waals surface area contributed by atoms with E-state index >= 15 is 0 Å². The first-order chi connectivity index (χ1) is 8.65. The van der Waals surface area contributed by atoms with E-state index in [2.05, 4.69) is 12.2 Å². The van der Waals surface area contributed by atoms with E-state index < -0.39 is 5.97 Å². The van der Waals surface area contributed by atoms with Crippen LogP contribution in [-0.2, 0) is 11.2 Å². The Morgan fingerprint density at radius 3 is 2.67 bits per heavy atom. The van der Waals surface area contributed by atoms with Gasteiger partial charge in [0, 0.05) is 13.0 Å². The molecule has 0 spiro atoms. The van der Waals surface area contributed by atoms with Crippen molar-refractivity contribution in [3.63, 3.8) is 0 Å². The summed E-state index contributed by atoms with van der Waals surface area (Å²) >= 11 is 0. The quantitative estimate of drug-likeness (QED) is 0.728. The summed E-state index contributed by atoms with van der Waals surface area (Å²) in [7, 11) is 0. The molecule has 0 heterocycles. The van der Waals surface area contributed by atoms with Crippen molar-refractivity contribution < 1.29 is 14.7 Å². The minimum absolute atomic E-state index is 0.0244. The van der Waals surface area contributed by atoms with E-state index in [1.807, 2.05) is 0 Å². The molecule has 4 nitrogen and oxygen atoms in total. The first-order valence-corrected chi connectivity index (χ1v) is 6.23. The number of rotatable bonds is 7. The molecule has 1 amide bonds. The van der Waals surface area contributed by atoms with Gasteiger partial charge in [-0.2, -0.15) is 0 Å². The van der Waals surface area contributed by atoms with Gasteiger partial charge in [0.25, 0.3) is 0 Å². The summed E-state index contributed by atoms with van der Waals surface area (Å²) in [6, 6.07) is 6.79. The fourth-order valence-electron chi connectivity index (χ4n) is 1.69. The monoisotopic (exact) mass is 249 g/mol. The molecule has 0 aliphatic heterocycles. The Kier molecular flexibility index (Phi) is 5.91. The van der Waals surface area contributed by atoms with Crippen LogP contribution in [0.15, 0.2) is 24.3 Å². The van der Waals surface area contributed by atoms with E-state index in [1.54, 1.807) is 24.3 Å². The molecule has 98 valence electrons. The van der Waals surface area contributed by atoms with Crippen LogP contribution in [0.25, 0.3) is 0 Å². The highest BCUT2D eigenvalue weighted by molar-refractivity contribution is 5.89. The number of aryl methyl sites for hydroxylation is 1. The normalized spacial score (nSPS) is 10.1. The zero-order valence-corrected chi connectivity index (χ0v) is 10.6. The van der Waals surface area contributed by atoms with Crippen molar-refractivity contribution in [2.75, 3.05) is 6.54 Å². The Hall–Kier alpha value is -1.84. The molecule has 2 N–H and O–H groups in total. The zero-order valence-electron chi connectivity index (χ0n) is 10.6. The van der Waals surface area contributed by atoms with E-state index in [-0.39, 0.29) is 11.5 Å². The van der Waals surface area contributed by atoms with Crippen molar-refractivity contribution in [3.8, 4) is 0 Å². The van der Waals surface area contributed by atoms with Gasteiger partial charge < -0.3 is 10.4 Å². The first kappa shape index (κ1) is 14.2. The molecular weight excluding hydrogens is 230 g/mol. The van der Waals surface area contributed by atoms with Gasteiger partial charge in [0.15, 0.2) is 0 Å². The highest BCUT2D eigenvalue weighted by Gasteiger charge is 2.10. The highest BCUT2D eigenvalue weighted by atomic mass is 16.4. The Morgan fingerprint density at radius 2 is 2.00 bits per heavy atom. The summed E-state index contributed by atoms with van der Waals surface area (Å²) in [5, 5.41) is 11.8. The van der Waals surface area contributed by atoms with Gasteiger partial charge in [0.1, 0.15) is 0 Å². The highest BCUT2D eigenvalue weighted by Crippen LogP contribution is 2.11. The lowest BCUT2D eigenvalue weighted by Crippen LogP contribution is -2.24. The minimum atomic E-state index is -0.947. The van der Waals surface area contributed by atoms with Crippen molar-refractivity contribution in [1.29, 1.82) is 0 Å². The van der Waals surface area contributed by atoms with Crippen LogP contribution in [0, 0.1) is 0 Å². The third-order valence-electron chi connectivity index (χ3n) is 2.72. The molecule has 0 bridgehead atoms. The zero-order chi connectivity index (χ0) is 13.4. The number of unbranched alkanes of at least 4 members (excludes halogenated alkanes) is 1. The van der Waals surface area contributed by atoms with Gasteiger partial charge in [-0.25, -0.2) is 4.79 Å². The molecule has 1 aromatic carbocycles. The Morgan fingerprint density at radius 1 is 1.28 bits per heavy atom. The van der Waals surface area contributed by atoms with Crippen LogP contribution >= 0.6 is 0 Å². The molecule has 0 aliphatic carbocycles. The molecule has 1 rings (SSSR count). The average Bonchev–Trinajstić information content (AvgIpc) is 2.37. The number of aromatic carboxylic acids is 1. The maximum Gasteiger partial charge on any atom is 0.335 e. The number of hydrogen-bond acceptors (Lipinski definition) is 2. The number of carbonyl (C=O) groups is 2. The lowest BCUT2D eigenvalue weighted by atomic mass is 10.0. The predicted octanol–water partition coefficient (Wildman–Crippen LogP) is 2.23. The Balaban J connectivity index is 2.48. The summed E-state index contributed by atoms with van der Waals surface area (Å²) in [6.07, 6.45) is 2.80. The van der Waals surface area contributed by atoms with Crippen molar-refractivity contribution in [1.82, 2.24) is 5.32 Å². The molecule has 0 aliphatic rings. The number of hydrogen-bond donors (Lipinski definition) is 2. The van der Waals surface area contributed by atoms with Gasteiger partial charge in [-0.1, -0.05) is 31.5 Å². The Bertz CT molecular complexity index is 415. The lowest BCUT2D eigenvalue weighted by molar-refractivity contribution is -0.121. The van der Waals surface area contributed by atoms with Gasteiger partial charge >= 0.3 is 5.97 Å². The topological polar surface area (TPSA) is 66.4 Å². The van der Waals surface area contributed by atoms with Crippen LogP contribution in [0.1, 0.15) is 42.1 Å². The molecule has 0 atom stereocenters. The van der Waals surface area contributed by atoms with Gasteiger partial charge in [-0.15, -0.1) is 0 Å². The molecule has 0 fully saturated rings. The molecule has 18 heavy (non-hydrogen) atoms. The SMILES string of the molecule is CCCCNC(=O)CCc1ccccc1C(=O)O. The van der Waals surface area contributed by atoms with E-state index in [0.717, 1.165) is 12.8 Å². The second kappa shape index (κ2) is 7.48. The lowest BCUT2D eigenvalue weighted by Gasteiger charge is -2.06. The molecule has 0 saturated carbocycles. The van der Waals surface area contributed by atoms with Crippen molar-refractivity contribution >= 4 is 11.9 Å². The minimum Gasteiger partial charge on any atom is -0.478 e. The van der Waals surface area contributed by atoms with E-state index in [9.17, 15) is 9.59 Å². The van der Waals surface area contributed by atoms with Crippen LogP contribution in [-0.4, -0.2) is 23.5 Å². The summed E-state index contributed by atoms with van der Waals surface area (Å²) in [5.41, 5.74) is 0.981. The summed E-state index contributed by atoms with van der Waals surface area (Å²) in [5.74, 6) is -0.972. The standard InChI is InChI=1S/C14H19NO3/c1-2-3-10-15-13(16)9-8-11-6-4-5-7-12(11)14(17)18/h4-7H,2-3,8-10H2,1H3,(H,15,16)(H,17,18). The van der Waals surface area contributed by atoms with E-state index in [4.69, 9.17) is 5.11 Å². The molecule has 0 unspecified atom stereocenters. The van der Waals surface area contributed by atoms with Crippen LogP contribution in [0.2, 0.25) is 0 Å². The molecule has 1 aromatic rings. The second-order valence-electron chi connectivity index (χ2n) is 4.17. The molecular formula is C14H19NO3. The fourth-order valence-corrected chi connectivity index (χ4v) is 1.69. The maximum atomic E-state index is 11.5. The third kappa shape index (κ3) is 4.57. The summed E-state index contributed by atoms with van der Waals surface area (Å²) in [6.45, 7) is 2.76. The second-order valence-corrected chi connectivity index (χ2v) is 4.17. The predicted molar refractivity (Wildman–Crippen MR) is 69.6 cm³/mol. The smallest absolute Gasteiger partial charge is 0.335 e. The first-order valence-electron chi connectivity index (χ1n) is 6.23. The number of nitrogens with one attached hydrogen (secondary N) is 1. The number of carboxylic acids is 1. The van der Waals surface area contributed by atoms with Gasteiger partial charge in [0.05, 0.1) is 5.56 Å². The van der Waals surface area contributed by atoms with Crippen molar-refractivity contribution in [2.24, 2.45) is 0 Å². The molecule has 4 heteroatoms. The number of carboxylic acid groups (broad SMARTS) is 1. The number of carbonyl (C=O) groups excluding carboxylic acids is 1. The van der Waals surface area contributed by atoms with Crippen LogP contribution < -0.4 is 5.32 Å². The number of benzene rings is 1. The van der Waals surface area contributed by atoms with E-state index in [1.165, 1.54) is 0 Å². The van der Waals surface area contributed by atoms with Crippen molar-refractivity contribution in [3.05, 3.63) is 35.4 Å². The van der Waals surface area contributed by atoms with Gasteiger partial charge in [-0.05, 0) is 24.5 Å². The van der Waals surface area contributed by atoms with Crippen LogP contribution in [0.4, 0.5) is 0 Å². The fraction of sp³-hybridized carbons (Fsp3) is 0.429. The summed E-state index contributed by atoms with van der Waals surface area (Å²) < 4.78 is 0. The average molecular weight is 249 g/mol. The van der Waals surface area contributed by atoms with E-state index in [0.29, 0.717) is 24.9 Å². The van der Waals surface area contributed by atoms with Gasteiger partial charge in [-0.3, -0.25) is 4.79 Å². The maximum absolute atomic E-state index is 11.5. The largest absolute Gasteiger partial charge is 0.478 e. The van der Waals surface area contributed by atoms with Crippen molar-refractivity contribution in [2.45, 2.75) is 32.6 Å². The Labute approximate surface area is 107 Å². The molecule has 0 saturated heterocycles. The number of amides is 1. The third-order valence-corrected chi connectivity index (χ3v) is 2.72.